The molecule has 51 heavy (non-hydrogen) atoms. The van der Waals surface area contributed by atoms with Crippen molar-refractivity contribution in [3.63, 3.8) is 0 Å². The SMILES string of the molecule is CCC(=O)OC1C(C)OC(OC(C(C)OOC2C(CC=O)CC(C)C(C)C=CC=CCC(=O)CC(OC)C2OC)C(NC)C(C)O)CC1(C)OC. The zero-order valence-corrected chi connectivity index (χ0v) is 32.6. The lowest BCUT2D eigenvalue weighted by Crippen LogP contribution is -2.60. The highest BCUT2D eigenvalue weighted by atomic mass is 17.2. The summed E-state index contributed by atoms with van der Waals surface area (Å²) in [6, 6.07) is -0.634. The van der Waals surface area contributed by atoms with Crippen LogP contribution in [0, 0.1) is 17.8 Å². The molecule has 0 radical (unpaired) electrons. The van der Waals surface area contributed by atoms with Crippen molar-refractivity contribution in [2.45, 2.75) is 154 Å². The molecule has 14 atom stereocenters. The number of aliphatic hydroxyl groups is 1. The number of nitrogens with one attached hydrogen (secondary N) is 1. The van der Waals surface area contributed by atoms with Gasteiger partial charge in [0.2, 0.25) is 0 Å². The first-order valence-corrected chi connectivity index (χ1v) is 18.3. The highest BCUT2D eigenvalue weighted by Crippen LogP contribution is 2.37. The van der Waals surface area contributed by atoms with Crippen molar-refractivity contribution in [2.24, 2.45) is 17.8 Å². The van der Waals surface area contributed by atoms with Gasteiger partial charge in [0.1, 0.15) is 42.1 Å². The molecule has 0 aromatic heterocycles. The molecular formula is C38H65NO12. The number of carbonyl (C=O) groups excluding carboxylic acids is 3. The average Bonchev–Trinajstić information content (AvgIpc) is 3.09. The number of ether oxygens (including phenoxy) is 6. The molecule has 13 heteroatoms. The number of methoxy groups -OCH3 is 3. The number of rotatable bonds is 16. The molecule has 1 aliphatic carbocycles. The van der Waals surface area contributed by atoms with E-state index in [4.69, 9.17) is 38.2 Å². The third-order valence-corrected chi connectivity index (χ3v) is 10.4. The predicted molar refractivity (Wildman–Crippen MR) is 191 cm³/mol. The smallest absolute Gasteiger partial charge is 0.305 e. The number of ketones is 1. The minimum absolute atomic E-state index is 0.0364. The Morgan fingerprint density at radius 3 is 2.41 bits per heavy atom. The second-order valence-corrected chi connectivity index (χ2v) is 14.2. The zero-order chi connectivity index (χ0) is 38.3. The molecule has 1 saturated heterocycles. The van der Waals surface area contributed by atoms with Crippen molar-refractivity contribution >= 4 is 18.0 Å². The Hall–Kier alpha value is -2.07. The van der Waals surface area contributed by atoms with Gasteiger partial charge in [0.05, 0.1) is 24.4 Å². The Kier molecular flexibility index (Phi) is 19.6. The maximum absolute atomic E-state index is 13.0. The lowest BCUT2D eigenvalue weighted by Gasteiger charge is -2.47. The number of aldehydes is 1. The summed E-state index contributed by atoms with van der Waals surface area (Å²) in [5.74, 6) is -0.432. The van der Waals surface area contributed by atoms with Gasteiger partial charge in [-0.15, -0.1) is 0 Å². The monoisotopic (exact) mass is 727 g/mol. The van der Waals surface area contributed by atoms with Crippen molar-refractivity contribution in [3.05, 3.63) is 24.3 Å². The van der Waals surface area contributed by atoms with Crippen LogP contribution in [0.5, 0.6) is 0 Å². The molecule has 0 aromatic carbocycles. The number of allylic oxidation sites excluding steroid dienone is 4. The van der Waals surface area contributed by atoms with Gasteiger partial charge in [-0.1, -0.05) is 45.1 Å². The number of hydrogen-bond donors (Lipinski definition) is 2. The van der Waals surface area contributed by atoms with Crippen molar-refractivity contribution in [1.29, 1.82) is 0 Å². The quantitative estimate of drug-likeness (QED) is 0.101. The van der Waals surface area contributed by atoms with Crippen LogP contribution < -0.4 is 5.32 Å². The fraction of sp³-hybridized carbons (Fsp3) is 0.816. The molecule has 2 N–H and O–H groups in total. The summed E-state index contributed by atoms with van der Waals surface area (Å²) in [5, 5.41) is 14.0. The number of carbonyl (C=O) groups is 3. The summed E-state index contributed by atoms with van der Waals surface area (Å²) in [5.41, 5.74) is -0.928. The molecule has 1 aliphatic heterocycles. The van der Waals surface area contributed by atoms with Gasteiger partial charge in [-0.05, 0) is 58.9 Å². The zero-order valence-electron chi connectivity index (χ0n) is 32.6. The average molecular weight is 728 g/mol. The van der Waals surface area contributed by atoms with Crippen LogP contribution in [0.25, 0.3) is 0 Å². The van der Waals surface area contributed by atoms with E-state index in [-0.39, 0.29) is 61.6 Å². The number of hydrogen-bond acceptors (Lipinski definition) is 13. The lowest BCUT2D eigenvalue weighted by molar-refractivity contribution is -0.394. The van der Waals surface area contributed by atoms with Gasteiger partial charge in [0.15, 0.2) is 12.4 Å². The highest BCUT2D eigenvalue weighted by molar-refractivity contribution is 5.80. The molecule has 0 bridgehead atoms. The fourth-order valence-electron chi connectivity index (χ4n) is 7.00. The van der Waals surface area contributed by atoms with Crippen LogP contribution in [0.4, 0.5) is 0 Å². The minimum Gasteiger partial charge on any atom is -0.457 e. The molecule has 13 nitrogen and oxygen atoms in total. The van der Waals surface area contributed by atoms with E-state index in [0.29, 0.717) is 6.42 Å². The van der Waals surface area contributed by atoms with Crippen LogP contribution in [0.15, 0.2) is 24.3 Å². The van der Waals surface area contributed by atoms with Crippen LogP contribution in [0.2, 0.25) is 0 Å². The van der Waals surface area contributed by atoms with Crippen LogP contribution in [0.1, 0.15) is 87.0 Å². The topological polar surface area (TPSA) is 157 Å². The van der Waals surface area contributed by atoms with E-state index in [0.717, 1.165) is 6.29 Å². The molecule has 0 aromatic rings. The van der Waals surface area contributed by atoms with E-state index in [2.05, 4.69) is 25.2 Å². The normalized spacial score (nSPS) is 35.0. The number of esters is 1. The standard InChI is InChI=1S/C38H65NO12/c1-12-31(43)48-37-27(6)47-32(22-38(37,7)46-11)49-34(33(39-8)25(4)41)26(5)50-51-35-28(18-19-40)20-24(3)23(2)16-14-13-15-17-29(42)21-30(44-9)36(35)45-10/h13-16,19,23-28,30,32-37,39,41H,12,17-18,20-22H2,1-11H3. The summed E-state index contributed by atoms with van der Waals surface area (Å²) in [4.78, 5) is 49.8. The number of Topliss-reactive ketones (excluding diaryl/α,β-unsaturated/α-hetero) is 1. The van der Waals surface area contributed by atoms with Gasteiger partial charge >= 0.3 is 5.97 Å². The van der Waals surface area contributed by atoms with Gasteiger partial charge in [-0.25, -0.2) is 9.78 Å². The van der Waals surface area contributed by atoms with E-state index in [1.807, 2.05) is 25.2 Å². The summed E-state index contributed by atoms with van der Waals surface area (Å²) in [7, 11) is 6.29. The van der Waals surface area contributed by atoms with Gasteiger partial charge < -0.3 is 43.6 Å². The molecule has 2 aliphatic rings. The Morgan fingerprint density at radius 2 is 1.84 bits per heavy atom. The Labute approximate surface area is 305 Å². The summed E-state index contributed by atoms with van der Waals surface area (Å²) < 4.78 is 36.2. The molecule has 0 spiro atoms. The van der Waals surface area contributed by atoms with Gasteiger partial charge in [-0.2, -0.15) is 0 Å². The summed E-state index contributed by atoms with van der Waals surface area (Å²) >= 11 is 0. The van der Waals surface area contributed by atoms with Crippen molar-refractivity contribution < 1.29 is 57.7 Å². The van der Waals surface area contributed by atoms with E-state index in [1.54, 1.807) is 41.9 Å². The van der Waals surface area contributed by atoms with E-state index >= 15 is 0 Å². The van der Waals surface area contributed by atoms with Crippen molar-refractivity contribution in [2.75, 3.05) is 28.4 Å². The molecule has 2 rings (SSSR count). The van der Waals surface area contributed by atoms with Crippen LogP contribution in [0.3, 0.4) is 0 Å². The molecule has 1 fully saturated rings. The van der Waals surface area contributed by atoms with Crippen LogP contribution in [-0.4, -0.2) is 118 Å². The Morgan fingerprint density at radius 1 is 1.14 bits per heavy atom. The molecule has 14 unspecified atom stereocenters. The van der Waals surface area contributed by atoms with Crippen LogP contribution in [-0.2, 0) is 52.6 Å². The maximum Gasteiger partial charge on any atom is 0.305 e. The molecule has 294 valence electrons. The molecule has 0 saturated carbocycles. The highest BCUT2D eigenvalue weighted by Gasteiger charge is 2.50. The van der Waals surface area contributed by atoms with Gasteiger partial charge in [0.25, 0.3) is 0 Å². The molecular weight excluding hydrogens is 662 g/mol. The third-order valence-electron chi connectivity index (χ3n) is 10.4. The second-order valence-electron chi connectivity index (χ2n) is 14.2. The third kappa shape index (κ3) is 13.1. The first-order chi connectivity index (χ1) is 24.2. The predicted octanol–water partition coefficient (Wildman–Crippen LogP) is 4.28. The number of likely N-dealkylation sites (N-methyl/N-ethyl adjacent to an activating group) is 1. The van der Waals surface area contributed by atoms with Gasteiger partial charge in [0, 0.05) is 53.4 Å². The van der Waals surface area contributed by atoms with E-state index < -0.39 is 66.8 Å². The fourth-order valence-corrected chi connectivity index (χ4v) is 7.00. The van der Waals surface area contributed by atoms with Crippen molar-refractivity contribution in [1.82, 2.24) is 5.32 Å². The van der Waals surface area contributed by atoms with Crippen molar-refractivity contribution in [3.8, 4) is 0 Å². The van der Waals surface area contributed by atoms with Crippen LogP contribution >= 0.6 is 0 Å². The summed E-state index contributed by atoms with van der Waals surface area (Å²) in [6.45, 7) is 13.0. The number of aliphatic hydroxyl groups excluding tert-OH is 1. The van der Waals surface area contributed by atoms with E-state index in [9.17, 15) is 19.5 Å². The van der Waals surface area contributed by atoms with Gasteiger partial charge in [-0.3, -0.25) is 9.59 Å². The molecule has 0 amide bonds. The largest absolute Gasteiger partial charge is 0.457 e. The first-order valence-electron chi connectivity index (χ1n) is 18.3. The maximum atomic E-state index is 13.0. The lowest BCUT2D eigenvalue weighted by atomic mass is 9.80. The summed E-state index contributed by atoms with van der Waals surface area (Å²) in [6.07, 6.45) is 3.21. The first kappa shape index (κ1) is 45.1. The van der Waals surface area contributed by atoms with E-state index in [1.165, 1.54) is 14.2 Å². The molecule has 1 heterocycles. The second kappa shape index (κ2) is 22.2. The minimum atomic E-state index is -0.928. The Bertz CT molecular complexity index is 1120. The Balaban J connectivity index is 2.46.